The van der Waals surface area contributed by atoms with Gasteiger partial charge in [-0.15, -0.1) is 0 Å². The van der Waals surface area contributed by atoms with Crippen molar-refractivity contribution in [2.24, 2.45) is 5.92 Å². The van der Waals surface area contributed by atoms with Crippen molar-refractivity contribution in [1.29, 1.82) is 0 Å². The highest BCUT2D eigenvalue weighted by Crippen LogP contribution is 2.33. The van der Waals surface area contributed by atoms with Crippen LogP contribution in [0, 0.1) is 5.92 Å². The van der Waals surface area contributed by atoms with Crippen molar-refractivity contribution in [2.45, 2.75) is 38.1 Å². The molecule has 0 N–H and O–H groups in total. The Morgan fingerprint density at radius 1 is 0.929 bits per heavy atom. The van der Waals surface area contributed by atoms with Gasteiger partial charge in [0.25, 0.3) is 10.1 Å². The van der Waals surface area contributed by atoms with Crippen molar-refractivity contribution < 1.29 is 12.6 Å². The van der Waals surface area contributed by atoms with Crippen LogP contribution >= 0.6 is 0 Å². The second-order valence-electron chi connectivity index (χ2n) is 7.73. The van der Waals surface area contributed by atoms with E-state index in [1.165, 1.54) is 24.0 Å². The normalized spacial score (nSPS) is 16.5. The fourth-order valence-corrected chi connectivity index (χ4v) is 4.55. The molecule has 0 saturated carbocycles. The highest BCUT2D eigenvalue weighted by Gasteiger charge is 2.27. The number of hydrogen-bond acceptors (Lipinski definition) is 4. The maximum absolute atomic E-state index is 11.0. The predicted octanol–water partition coefficient (Wildman–Crippen LogP) is 4.63. The molecule has 4 nitrogen and oxygen atoms in total. The first kappa shape index (κ1) is 21.0. The molecular weight excluding hydrogens is 370 g/mol. The van der Waals surface area contributed by atoms with Gasteiger partial charge in [-0.05, 0) is 49.4 Å². The number of rotatable bonds is 9. The third kappa shape index (κ3) is 6.43. The summed E-state index contributed by atoms with van der Waals surface area (Å²) in [5, 5.41) is 0. The van der Waals surface area contributed by atoms with E-state index in [0.717, 1.165) is 44.5 Å². The summed E-state index contributed by atoms with van der Waals surface area (Å²) >= 11 is 0. The second kappa shape index (κ2) is 10.2. The minimum absolute atomic E-state index is 0.307. The average molecular weight is 402 g/mol. The lowest BCUT2D eigenvalue weighted by Gasteiger charge is -2.38. The Bertz CT molecular complexity index is 761. The van der Waals surface area contributed by atoms with Crippen LogP contribution in [-0.4, -0.2) is 39.3 Å². The van der Waals surface area contributed by atoms with Gasteiger partial charge >= 0.3 is 0 Å². The van der Waals surface area contributed by atoms with Crippen LogP contribution in [0.25, 0.3) is 0 Å². The van der Waals surface area contributed by atoms with Crippen molar-refractivity contribution in [3.63, 3.8) is 0 Å². The van der Waals surface area contributed by atoms with E-state index in [1.807, 2.05) is 0 Å². The molecule has 0 aliphatic carbocycles. The minimum atomic E-state index is -3.31. The Hall–Kier alpha value is -1.69. The molecule has 0 unspecified atom stereocenters. The van der Waals surface area contributed by atoms with Crippen LogP contribution in [0.1, 0.15) is 49.3 Å². The molecular formula is C23H31NO3S. The average Bonchev–Trinajstić information content (AvgIpc) is 2.70. The Kier molecular flexibility index (Phi) is 7.65. The third-order valence-electron chi connectivity index (χ3n) is 5.55. The molecule has 3 rings (SSSR count). The van der Waals surface area contributed by atoms with Gasteiger partial charge in [0.1, 0.15) is 0 Å². The molecule has 1 fully saturated rings. The van der Waals surface area contributed by atoms with E-state index in [4.69, 9.17) is 4.18 Å². The molecule has 0 atom stereocenters. The Labute approximate surface area is 169 Å². The summed E-state index contributed by atoms with van der Waals surface area (Å²) in [5.41, 5.74) is 2.70. The summed E-state index contributed by atoms with van der Waals surface area (Å²) in [6, 6.07) is 21.9. The number of benzene rings is 2. The molecule has 0 radical (unpaired) electrons. The van der Waals surface area contributed by atoms with Crippen LogP contribution in [0.15, 0.2) is 60.7 Å². The standard InChI is InChI=1S/C23H31NO3S/c1-28(25,26)27-19-9-8-10-20-15-17-24(18-16-20)23(21-11-4-2-5-12-21)22-13-6-3-7-14-22/h2-7,11-14,20,23H,8-10,15-19H2,1H3. The van der Waals surface area contributed by atoms with Crippen LogP contribution in [0.4, 0.5) is 0 Å². The summed E-state index contributed by atoms with van der Waals surface area (Å²) in [7, 11) is -3.31. The highest BCUT2D eigenvalue weighted by atomic mass is 32.2. The monoisotopic (exact) mass is 401 g/mol. The lowest BCUT2D eigenvalue weighted by molar-refractivity contribution is 0.145. The molecule has 0 spiro atoms. The van der Waals surface area contributed by atoms with Gasteiger partial charge in [-0.1, -0.05) is 73.5 Å². The molecule has 152 valence electrons. The summed E-state index contributed by atoms with van der Waals surface area (Å²) in [6.45, 7) is 2.50. The zero-order chi connectivity index (χ0) is 19.8. The highest BCUT2D eigenvalue weighted by molar-refractivity contribution is 7.85. The van der Waals surface area contributed by atoms with Gasteiger partial charge in [-0.2, -0.15) is 8.42 Å². The Balaban J connectivity index is 1.53. The van der Waals surface area contributed by atoms with Crippen molar-refractivity contribution in [1.82, 2.24) is 4.90 Å². The summed E-state index contributed by atoms with van der Waals surface area (Å²) in [4.78, 5) is 2.61. The first-order chi connectivity index (χ1) is 13.5. The molecule has 1 heterocycles. The first-order valence-corrected chi connectivity index (χ1v) is 12.0. The topological polar surface area (TPSA) is 46.6 Å². The van der Waals surface area contributed by atoms with E-state index < -0.39 is 10.1 Å². The molecule has 0 amide bonds. The van der Waals surface area contributed by atoms with Crippen LogP contribution < -0.4 is 0 Å². The molecule has 2 aromatic carbocycles. The minimum Gasteiger partial charge on any atom is -0.292 e. The van der Waals surface area contributed by atoms with E-state index in [1.54, 1.807) is 0 Å². The van der Waals surface area contributed by atoms with Crippen LogP contribution in [-0.2, 0) is 14.3 Å². The maximum atomic E-state index is 11.0. The van der Waals surface area contributed by atoms with E-state index in [2.05, 4.69) is 65.6 Å². The predicted molar refractivity (Wildman–Crippen MR) is 114 cm³/mol. The number of unbranched alkanes of at least 4 members (excludes halogenated alkanes) is 1. The van der Waals surface area contributed by atoms with Crippen LogP contribution in [0.5, 0.6) is 0 Å². The number of nitrogens with zero attached hydrogens (tertiary/aromatic N) is 1. The lowest BCUT2D eigenvalue weighted by atomic mass is 9.88. The van der Waals surface area contributed by atoms with Crippen molar-refractivity contribution in [3.05, 3.63) is 71.8 Å². The van der Waals surface area contributed by atoms with Gasteiger partial charge in [-0.3, -0.25) is 9.08 Å². The molecule has 28 heavy (non-hydrogen) atoms. The van der Waals surface area contributed by atoms with E-state index in [-0.39, 0.29) is 0 Å². The smallest absolute Gasteiger partial charge is 0.264 e. The third-order valence-corrected chi connectivity index (χ3v) is 6.14. The van der Waals surface area contributed by atoms with E-state index >= 15 is 0 Å². The van der Waals surface area contributed by atoms with Crippen molar-refractivity contribution in [2.75, 3.05) is 26.0 Å². The van der Waals surface area contributed by atoms with Gasteiger partial charge in [-0.25, -0.2) is 0 Å². The molecule has 2 aromatic rings. The van der Waals surface area contributed by atoms with Crippen molar-refractivity contribution >= 4 is 10.1 Å². The lowest BCUT2D eigenvalue weighted by Crippen LogP contribution is -2.37. The molecule has 1 aliphatic heterocycles. The zero-order valence-electron chi connectivity index (χ0n) is 16.7. The van der Waals surface area contributed by atoms with Gasteiger partial charge in [0.15, 0.2) is 0 Å². The molecule has 1 aliphatic rings. The molecule has 0 aromatic heterocycles. The quantitative estimate of drug-likeness (QED) is 0.454. The fourth-order valence-electron chi connectivity index (χ4n) is 4.13. The van der Waals surface area contributed by atoms with Gasteiger partial charge in [0, 0.05) is 0 Å². The van der Waals surface area contributed by atoms with E-state index in [0.29, 0.717) is 12.6 Å². The largest absolute Gasteiger partial charge is 0.292 e. The Morgan fingerprint density at radius 3 is 1.96 bits per heavy atom. The molecule has 5 heteroatoms. The summed E-state index contributed by atoms with van der Waals surface area (Å²) in [6.07, 6.45) is 6.50. The van der Waals surface area contributed by atoms with Crippen LogP contribution in [0.2, 0.25) is 0 Å². The zero-order valence-corrected chi connectivity index (χ0v) is 17.5. The maximum Gasteiger partial charge on any atom is 0.264 e. The fraction of sp³-hybridized carbons (Fsp3) is 0.478. The second-order valence-corrected chi connectivity index (χ2v) is 9.37. The summed E-state index contributed by atoms with van der Waals surface area (Å²) < 4.78 is 26.8. The van der Waals surface area contributed by atoms with Gasteiger partial charge < -0.3 is 0 Å². The SMILES string of the molecule is CS(=O)(=O)OCCCCC1CCN(C(c2ccccc2)c2ccccc2)CC1. The van der Waals surface area contributed by atoms with Crippen LogP contribution in [0.3, 0.4) is 0 Å². The molecule has 1 saturated heterocycles. The van der Waals surface area contributed by atoms with E-state index in [9.17, 15) is 8.42 Å². The number of likely N-dealkylation sites (tertiary alicyclic amines) is 1. The number of piperidine rings is 1. The van der Waals surface area contributed by atoms with Gasteiger partial charge in [0.2, 0.25) is 0 Å². The number of hydrogen-bond donors (Lipinski definition) is 0. The van der Waals surface area contributed by atoms with Gasteiger partial charge in [0.05, 0.1) is 18.9 Å². The Morgan fingerprint density at radius 2 is 1.46 bits per heavy atom. The summed E-state index contributed by atoms with van der Waals surface area (Å²) in [5.74, 6) is 0.724. The first-order valence-electron chi connectivity index (χ1n) is 10.2. The molecule has 0 bridgehead atoms. The van der Waals surface area contributed by atoms with Crippen molar-refractivity contribution in [3.8, 4) is 0 Å².